The molecule has 6 nitrogen and oxygen atoms in total. The molecule has 0 bridgehead atoms. The van der Waals surface area contributed by atoms with Gasteiger partial charge in [-0.2, -0.15) is 9.97 Å². The van der Waals surface area contributed by atoms with Gasteiger partial charge in [-0.15, -0.1) is 0 Å². The number of aromatic nitrogens is 2. The summed E-state index contributed by atoms with van der Waals surface area (Å²) >= 11 is 5.57. The molecule has 1 aliphatic rings. The summed E-state index contributed by atoms with van der Waals surface area (Å²) < 4.78 is 11.1. The fraction of sp³-hybridized carbons (Fsp3) is 0.320. The molecule has 166 valence electrons. The fourth-order valence-electron chi connectivity index (χ4n) is 4.21. The highest BCUT2D eigenvalue weighted by molar-refractivity contribution is 7.80. The molecule has 0 amide bonds. The van der Waals surface area contributed by atoms with Gasteiger partial charge >= 0.3 is 0 Å². The third-order valence-electron chi connectivity index (χ3n) is 5.86. The van der Waals surface area contributed by atoms with Crippen molar-refractivity contribution in [2.75, 3.05) is 19.0 Å². The van der Waals surface area contributed by atoms with Crippen LogP contribution in [0.15, 0.2) is 66.7 Å². The zero-order valence-corrected chi connectivity index (χ0v) is 19.0. The number of methoxy groups -OCH3 is 1. The van der Waals surface area contributed by atoms with E-state index in [0.29, 0.717) is 28.6 Å². The van der Waals surface area contributed by atoms with Gasteiger partial charge in [-0.05, 0) is 42.8 Å². The van der Waals surface area contributed by atoms with E-state index in [1.165, 1.54) is 24.8 Å². The number of rotatable bonds is 7. The number of hydrogen-bond donors (Lipinski definition) is 2. The normalized spacial score (nSPS) is 14.9. The highest BCUT2D eigenvalue weighted by Crippen LogP contribution is 2.39. The van der Waals surface area contributed by atoms with E-state index < -0.39 is 0 Å². The number of hydrogen-bond acceptors (Lipinski definition) is 5. The lowest BCUT2D eigenvalue weighted by atomic mass is 9.69. The van der Waals surface area contributed by atoms with Crippen LogP contribution in [0, 0.1) is 0 Å². The Morgan fingerprint density at radius 2 is 1.59 bits per heavy atom. The van der Waals surface area contributed by atoms with Gasteiger partial charge in [0.25, 0.3) is 0 Å². The third kappa shape index (κ3) is 5.53. The van der Waals surface area contributed by atoms with E-state index in [-0.39, 0.29) is 5.41 Å². The third-order valence-corrected chi connectivity index (χ3v) is 6.11. The molecular weight excluding hydrogens is 420 g/mol. The molecule has 3 aromatic rings. The zero-order chi connectivity index (χ0) is 22.2. The summed E-state index contributed by atoms with van der Waals surface area (Å²) in [4.78, 5) is 8.79. The molecule has 0 spiro atoms. The molecule has 1 aliphatic carbocycles. The maximum atomic E-state index is 5.84. The Kier molecular flexibility index (Phi) is 7.17. The summed E-state index contributed by atoms with van der Waals surface area (Å²) in [6, 6.07) is 21.8. The molecule has 2 N–H and O–H groups in total. The lowest BCUT2D eigenvalue weighted by Gasteiger charge is -2.38. The van der Waals surface area contributed by atoms with Gasteiger partial charge in [-0.3, -0.25) is 0 Å². The van der Waals surface area contributed by atoms with Crippen LogP contribution in [-0.2, 0) is 5.41 Å². The summed E-state index contributed by atoms with van der Waals surface area (Å²) in [7, 11) is 1.56. The number of ether oxygens (including phenoxy) is 2. The molecule has 0 atom stereocenters. The average molecular weight is 449 g/mol. The maximum absolute atomic E-state index is 5.84. The minimum Gasteiger partial charge on any atom is -0.481 e. The second-order valence-electron chi connectivity index (χ2n) is 8.00. The Bertz CT molecular complexity index is 1020. The van der Waals surface area contributed by atoms with Gasteiger partial charge in [0.2, 0.25) is 17.7 Å². The monoisotopic (exact) mass is 448 g/mol. The lowest BCUT2D eigenvalue weighted by molar-refractivity contribution is 0.292. The largest absolute Gasteiger partial charge is 0.481 e. The Morgan fingerprint density at radius 1 is 0.938 bits per heavy atom. The van der Waals surface area contributed by atoms with Crippen molar-refractivity contribution in [3.8, 4) is 17.5 Å². The van der Waals surface area contributed by atoms with Crippen LogP contribution in [-0.4, -0.2) is 28.7 Å². The first-order valence-corrected chi connectivity index (χ1v) is 11.3. The van der Waals surface area contributed by atoms with E-state index in [0.717, 1.165) is 19.4 Å². The second-order valence-corrected chi connectivity index (χ2v) is 8.41. The maximum Gasteiger partial charge on any atom is 0.235 e. The van der Waals surface area contributed by atoms with Gasteiger partial charge in [0.05, 0.1) is 13.2 Å². The number of anilines is 1. The molecular formula is C25H28N4O2S. The first kappa shape index (κ1) is 22.0. The second kappa shape index (κ2) is 10.4. The smallest absolute Gasteiger partial charge is 0.235 e. The van der Waals surface area contributed by atoms with Gasteiger partial charge in [0.1, 0.15) is 5.75 Å². The molecule has 0 saturated heterocycles. The summed E-state index contributed by atoms with van der Waals surface area (Å²) in [6.45, 7) is 0.764. The number of benzene rings is 2. The Hall–Kier alpha value is -3.19. The number of thiocarbonyl (C=S) groups is 1. The van der Waals surface area contributed by atoms with Gasteiger partial charge < -0.3 is 20.1 Å². The minimum absolute atomic E-state index is 0.0854. The molecule has 1 aromatic heterocycles. The van der Waals surface area contributed by atoms with Crippen molar-refractivity contribution >= 4 is 23.3 Å². The van der Waals surface area contributed by atoms with Gasteiger partial charge in [-0.1, -0.05) is 67.8 Å². The van der Waals surface area contributed by atoms with Gasteiger partial charge in [0.15, 0.2) is 5.11 Å². The van der Waals surface area contributed by atoms with Crippen molar-refractivity contribution in [2.24, 2.45) is 0 Å². The molecule has 1 fully saturated rings. The van der Waals surface area contributed by atoms with Crippen molar-refractivity contribution in [1.29, 1.82) is 0 Å². The molecule has 0 radical (unpaired) electrons. The molecule has 1 saturated carbocycles. The van der Waals surface area contributed by atoms with Crippen molar-refractivity contribution < 1.29 is 9.47 Å². The quantitative estimate of drug-likeness (QED) is 0.465. The SMILES string of the molecule is COc1cc(Oc2ccccc2)nc(NC(=S)NCC2(c3ccccc3)CCCCC2)n1. The standard InChI is InChI=1S/C25H28N4O2S/c1-30-21-17-22(31-20-13-7-3-8-14-20)28-23(27-21)29-24(32)26-18-25(15-9-4-10-16-25)19-11-5-2-6-12-19/h2-3,5-8,11-14,17H,4,9-10,15-16,18H2,1H3,(H2,26,27,28,29,32). The van der Waals surface area contributed by atoms with Crippen LogP contribution >= 0.6 is 12.2 Å². The number of para-hydroxylation sites is 1. The summed E-state index contributed by atoms with van der Waals surface area (Å²) in [5.41, 5.74) is 1.45. The Morgan fingerprint density at radius 3 is 2.28 bits per heavy atom. The van der Waals surface area contributed by atoms with E-state index in [9.17, 15) is 0 Å². The zero-order valence-electron chi connectivity index (χ0n) is 18.2. The highest BCUT2D eigenvalue weighted by Gasteiger charge is 2.33. The van der Waals surface area contributed by atoms with E-state index in [2.05, 4.69) is 50.9 Å². The van der Waals surface area contributed by atoms with Crippen LogP contribution in [0.25, 0.3) is 0 Å². The van der Waals surface area contributed by atoms with Crippen molar-refractivity contribution in [1.82, 2.24) is 15.3 Å². The topological polar surface area (TPSA) is 68.3 Å². The fourth-order valence-corrected chi connectivity index (χ4v) is 4.37. The van der Waals surface area contributed by atoms with Crippen LogP contribution in [0.1, 0.15) is 37.7 Å². The first-order chi connectivity index (χ1) is 15.7. The molecule has 32 heavy (non-hydrogen) atoms. The highest BCUT2D eigenvalue weighted by atomic mass is 32.1. The summed E-state index contributed by atoms with van der Waals surface area (Å²) in [6.07, 6.45) is 6.06. The predicted molar refractivity (Wildman–Crippen MR) is 131 cm³/mol. The molecule has 4 rings (SSSR count). The average Bonchev–Trinajstić information content (AvgIpc) is 2.84. The van der Waals surface area contributed by atoms with Crippen LogP contribution in [0.2, 0.25) is 0 Å². The van der Waals surface area contributed by atoms with Crippen LogP contribution in [0.3, 0.4) is 0 Å². The molecule has 1 heterocycles. The number of nitrogens with zero attached hydrogens (tertiary/aromatic N) is 2. The molecule has 2 aromatic carbocycles. The van der Waals surface area contributed by atoms with Crippen LogP contribution in [0.4, 0.5) is 5.95 Å². The van der Waals surface area contributed by atoms with Gasteiger partial charge in [-0.25, -0.2) is 0 Å². The minimum atomic E-state index is 0.0854. The molecule has 7 heteroatoms. The van der Waals surface area contributed by atoms with E-state index in [4.69, 9.17) is 21.7 Å². The van der Waals surface area contributed by atoms with Crippen LogP contribution < -0.4 is 20.1 Å². The summed E-state index contributed by atoms with van der Waals surface area (Å²) in [5.74, 6) is 1.78. The van der Waals surface area contributed by atoms with Crippen molar-refractivity contribution in [3.63, 3.8) is 0 Å². The predicted octanol–water partition coefficient (Wildman–Crippen LogP) is 5.47. The summed E-state index contributed by atoms with van der Waals surface area (Å²) in [5, 5.41) is 6.97. The van der Waals surface area contributed by atoms with E-state index >= 15 is 0 Å². The molecule has 0 unspecified atom stereocenters. The van der Waals surface area contributed by atoms with E-state index in [1.54, 1.807) is 13.2 Å². The van der Waals surface area contributed by atoms with Crippen LogP contribution in [0.5, 0.6) is 17.5 Å². The first-order valence-electron chi connectivity index (χ1n) is 10.9. The van der Waals surface area contributed by atoms with Gasteiger partial charge in [0, 0.05) is 12.0 Å². The lowest BCUT2D eigenvalue weighted by Crippen LogP contribution is -2.43. The number of nitrogens with one attached hydrogen (secondary N) is 2. The van der Waals surface area contributed by atoms with Crippen molar-refractivity contribution in [2.45, 2.75) is 37.5 Å². The molecule has 0 aliphatic heterocycles. The Labute approximate surface area is 194 Å². The van der Waals surface area contributed by atoms with Crippen molar-refractivity contribution in [3.05, 3.63) is 72.3 Å². The van der Waals surface area contributed by atoms with E-state index in [1.807, 2.05) is 30.3 Å². The Balaban J connectivity index is 1.44.